The lowest BCUT2D eigenvalue weighted by atomic mass is 10.1. The van der Waals surface area contributed by atoms with Gasteiger partial charge in [-0.1, -0.05) is 192 Å². The van der Waals surface area contributed by atoms with E-state index in [1.165, 1.54) is 77.0 Å². The zero-order chi connectivity index (χ0) is 50.5. The number of rotatable bonds is 50. The second-order valence-corrected chi connectivity index (χ2v) is 18.7. The normalized spacial score (nSPS) is 12.7. The summed E-state index contributed by atoms with van der Waals surface area (Å²) in [6.45, 7) is 13.1. The molecule has 0 aromatic heterocycles. The van der Waals surface area contributed by atoms with Crippen LogP contribution in [0.4, 0.5) is 4.79 Å². The van der Waals surface area contributed by atoms with Gasteiger partial charge in [-0.25, -0.2) is 9.59 Å². The van der Waals surface area contributed by atoms with Crippen molar-refractivity contribution in [3.05, 3.63) is 48.6 Å². The third-order valence-corrected chi connectivity index (χ3v) is 12.4. The predicted octanol–water partition coefficient (Wildman–Crippen LogP) is 16.4. The van der Waals surface area contributed by atoms with Gasteiger partial charge in [0.2, 0.25) is 6.10 Å². The molecule has 0 amide bonds. The summed E-state index contributed by atoms with van der Waals surface area (Å²) in [7, 11) is 0. The van der Waals surface area contributed by atoms with Crippen molar-refractivity contribution in [3.8, 4) is 0 Å². The van der Waals surface area contributed by atoms with Crippen LogP contribution < -0.4 is 0 Å². The van der Waals surface area contributed by atoms with Crippen LogP contribution in [-0.2, 0) is 38.1 Å². The van der Waals surface area contributed by atoms with Crippen LogP contribution in [0.15, 0.2) is 48.6 Å². The van der Waals surface area contributed by atoms with Crippen LogP contribution in [-0.4, -0.2) is 80.6 Å². The fourth-order valence-corrected chi connectivity index (χ4v) is 7.86. The van der Waals surface area contributed by atoms with Crippen molar-refractivity contribution < 1.29 is 42.9 Å². The van der Waals surface area contributed by atoms with E-state index in [9.17, 15) is 19.2 Å². The standard InChI is InChI=1S/C59H105NO9/c1-6-11-14-17-20-23-25-27-29-31-33-35-38-41-44-48-56(61)66-52-54(53-67-57(62)49-45-42-39-36-34-32-30-28-26-24-21-18-15-12-7-2)68-58(63)55(47-43-40-37-22-19-16-13-8-3)69-59(64)65-51-46-50-60(9-4)10-5/h20-21,23-24,27-30,54-55H,6-19,22,25-26,31-53H2,1-5H3/b23-20-,24-21?,29-27-,30-28?. The lowest BCUT2D eigenvalue weighted by Crippen LogP contribution is -2.37. The molecule has 0 fully saturated rings. The molecule has 0 radical (unpaired) electrons. The third-order valence-electron chi connectivity index (χ3n) is 12.4. The molecule has 2 atom stereocenters. The largest absolute Gasteiger partial charge is 0.509 e. The molecule has 0 saturated carbocycles. The van der Waals surface area contributed by atoms with Gasteiger partial charge >= 0.3 is 24.1 Å². The van der Waals surface area contributed by atoms with Crippen LogP contribution in [0.2, 0.25) is 0 Å². The zero-order valence-corrected chi connectivity index (χ0v) is 45.2. The number of unbranched alkanes of at least 4 members (excludes halogenated alkanes) is 23. The fourth-order valence-electron chi connectivity index (χ4n) is 7.86. The highest BCUT2D eigenvalue weighted by Crippen LogP contribution is 2.16. The molecular formula is C59H105NO9. The van der Waals surface area contributed by atoms with Crippen molar-refractivity contribution in [2.45, 2.75) is 265 Å². The van der Waals surface area contributed by atoms with Gasteiger partial charge in [-0.3, -0.25) is 9.59 Å². The molecule has 10 nitrogen and oxygen atoms in total. The smallest absolute Gasteiger partial charge is 0.462 e. The van der Waals surface area contributed by atoms with Gasteiger partial charge in [0, 0.05) is 19.4 Å². The highest BCUT2D eigenvalue weighted by molar-refractivity contribution is 5.77. The lowest BCUT2D eigenvalue weighted by molar-refractivity contribution is -0.174. The third kappa shape index (κ3) is 46.7. The Morgan fingerprint density at radius 3 is 1.26 bits per heavy atom. The Hall–Kier alpha value is -3.40. The molecule has 69 heavy (non-hydrogen) atoms. The highest BCUT2D eigenvalue weighted by Gasteiger charge is 2.29. The van der Waals surface area contributed by atoms with Gasteiger partial charge in [-0.15, -0.1) is 0 Å². The zero-order valence-electron chi connectivity index (χ0n) is 45.2. The maximum absolute atomic E-state index is 13.7. The minimum atomic E-state index is -1.20. The molecule has 0 bridgehead atoms. The molecule has 0 aliphatic carbocycles. The van der Waals surface area contributed by atoms with E-state index in [1.54, 1.807) is 0 Å². The number of carbonyl (C=O) groups is 4. The molecule has 400 valence electrons. The molecule has 0 N–H and O–H groups in total. The molecular weight excluding hydrogens is 867 g/mol. The van der Waals surface area contributed by atoms with Gasteiger partial charge in [-0.05, 0) is 109 Å². The van der Waals surface area contributed by atoms with Crippen LogP contribution in [0, 0.1) is 0 Å². The van der Waals surface area contributed by atoms with Gasteiger partial charge in [0.1, 0.15) is 13.2 Å². The van der Waals surface area contributed by atoms with E-state index in [1.807, 2.05) is 0 Å². The molecule has 0 spiro atoms. The van der Waals surface area contributed by atoms with Crippen LogP contribution in [0.25, 0.3) is 0 Å². The van der Waals surface area contributed by atoms with E-state index in [0.717, 1.165) is 116 Å². The predicted molar refractivity (Wildman–Crippen MR) is 286 cm³/mol. The number of carbonyl (C=O) groups excluding carboxylic acids is 4. The van der Waals surface area contributed by atoms with Crippen LogP contribution >= 0.6 is 0 Å². The number of hydrogen-bond acceptors (Lipinski definition) is 10. The first kappa shape index (κ1) is 65.6. The minimum absolute atomic E-state index is 0.173. The molecule has 0 saturated heterocycles. The molecule has 0 aromatic rings. The maximum atomic E-state index is 13.7. The Morgan fingerprint density at radius 2 is 0.812 bits per heavy atom. The second kappa shape index (κ2) is 52.4. The van der Waals surface area contributed by atoms with Crippen molar-refractivity contribution in [2.24, 2.45) is 0 Å². The van der Waals surface area contributed by atoms with Gasteiger partial charge in [0.05, 0.1) is 6.61 Å². The summed E-state index contributed by atoms with van der Waals surface area (Å²) in [5, 5.41) is 0. The second-order valence-electron chi connectivity index (χ2n) is 18.7. The molecule has 0 rings (SSSR count). The quantitative estimate of drug-likeness (QED) is 0.0252. The summed E-state index contributed by atoms with van der Waals surface area (Å²) in [4.78, 5) is 54.5. The average molecular weight is 972 g/mol. The van der Waals surface area contributed by atoms with Crippen molar-refractivity contribution in [1.29, 1.82) is 0 Å². The molecule has 10 heteroatoms. The highest BCUT2D eigenvalue weighted by atomic mass is 16.7. The summed E-state index contributed by atoms with van der Waals surface area (Å²) in [6, 6.07) is 0. The Bertz CT molecular complexity index is 1240. The number of hydrogen-bond donors (Lipinski definition) is 0. The van der Waals surface area contributed by atoms with E-state index < -0.39 is 36.3 Å². The molecule has 0 aliphatic rings. The van der Waals surface area contributed by atoms with Crippen molar-refractivity contribution in [1.82, 2.24) is 4.90 Å². The van der Waals surface area contributed by atoms with E-state index >= 15 is 0 Å². The number of nitrogens with zero attached hydrogens (tertiary/aromatic N) is 1. The summed E-state index contributed by atoms with van der Waals surface area (Å²) in [5.74, 6) is -1.55. The van der Waals surface area contributed by atoms with Gasteiger partial charge in [-0.2, -0.15) is 0 Å². The fraction of sp³-hybridized carbons (Fsp3) is 0.797. The van der Waals surface area contributed by atoms with Gasteiger partial charge in [0.25, 0.3) is 0 Å². The first-order valence-corrected chi connectivity index (χ1v) is 28.5. The Balaban J connectivity index is 5.21. The topological polar surface area (TPSA) is 118 Å². The minimum Gasteiger partial charge on any atom is -0.462 e. The van der Waals surface area contributed by atoms with Gasteiger partial charge < -0.3 is 28.6 Å². The van der Waals surface area contributed by atoms with Crippen molar-refractivity contribution in [2.75, 3.05) is 39.5 Å². The molecule has 0 heterocycles. The van der Waals surface area contributed by atoms with Crippen molar-refractivity contribution >= 4 is 24.1 Å². The van der Waals surface area contributed by atoms with Crippen LogP contribution in [0.3, 0.4) is 0 Å². The maximum Gasteiger partial charge on any atom is 0.509 e. The monoisotopic (exact) mass is 972 g/mol. The van der Waals surface area contributed by atoms with Gasteiger partial charge in [0.15, 0.2) is 6.10 Å². The molecule has 0 aliphatic heterocycles. The van der Waals surface area contributed by atoms with Crippen LogP contribution in [0.5, 0.6) is 0 Å². The lowest BCUT2D eigenvalue weighted by Gasteiger charge is -2.22. The van der Waals surface area contributed by atoms with Crippen LogP contribution in [0.1, 0.15) is 253 Å². The first-order chi connectivity index (χ1) is 33.8. The first-order valence-electron chi connectivity index (χ1n) is 28.5. The van der Waals surface area contributed by atoms with E-state index in [0.29, 0.717) is 25.7 Å². The van der Waals surface area contributed by atoms with E-state index in [4.69, 9.17) is 23.7 Å². The van der Waals surface area contributed by atoms with E-state index in [2.05, 4.69) is 88.1 Å². The number of allylic oxidation sites excluding steroid dienone is 8. The summed E-state index contributed by atoms with van der Waals surface area (Å²) in [6.07, 6.45) is 48.8. The summed E-state index contributed by atoms with van der Waals surface area (Å²) >= 11 is 0. The van der Waals surface area contributed by atoms with Crippen molar-refractivity contribution in [3.63, 3.8) is 0 Å². The molecule has 0 aromatic carbocycles. The number of ether oxygens (including phenoxy) is 5. The molecule has 2 unspecified atom stereocenters. The summed E-state index contributed by atoms with van der Waals surface area (Å²) in [5.41, 5.74) is 0. The summed E-state index contributed by atoms with van der Waals surface area (Å²) < 4.78 is 28.0. The Morgan fingerprint density at radius 1 is 0.420 bits per heavy atom. The Kier molecular flexibility index (Phi) is 49.8. The average Bonchev–Trinajstić information content (AvgIpc) is 3.35. The Labute approximate surface area is 423 Å². The number of esters is 3. The van der Waals surface area contributed by atoms with E-state index in [-0.39, 0.29) is 39.1 Å². The SMILES string of the molecule is CCCCCC=CCC=CCCCCCCCC(=O)OCC(COC(=O)CCCCCCC/C=C\C/C=C\CCCCC)OC(=O)C(CCCCCCCCCC)OC(=O)OCCCN(CC)CC.